The molecule has 2 fully saturated rings. The summed E-state index contributed by atoms with van der Waals surface area (Å²) >= 11 is 0. The number of rotatable bonds is 0. The van der Waals surface area contributed by atoms with Gasteiger partial charge in [0, 0.05) is 5.92 Å². The predicted molar refractivity (Wildman–Crippen MR) is 37.7 cm³/mol. The molecule has 1 heterocycles. The van der Waals surface area contributed by atoms with E-state index in [0.717, 1.165) is 12.8 Å². The van der Waals surface area contributed by atoms with E-state index in [1.807, 2.05) is 6.92 Å². The third-order valence-electron chi connectivity index (χ3n) is 2.81. The van der Waals surface area contributed by atoms with Gasteiger partial charge >= 0.3 is 0 Å². The highest BCUT2D eigenvalue weighted by Crippen LogP contribution is 2.38. The Balaban J connectivity index is 2.09. The third kappa shape index (κ3) is 0.789. The lowest BCUT2D eigenvalue weighted by molar-refractivity contribution is 0.0197. The molecule has 0 unspecified atom stereocenters. The van der Waals surface area contributed by atoms with Crippen LogP contribution in [0.25, 0.3) is 0 Å². The van der Waals surface area contributed by atoms with Crippen molar-refractivity contribution in [2.24, 2.45) is 5.92 Å². The Kier molecular flexibility index (Phi) is 1.46. The van der Waals surface area contributed by atoms with Crippen molar-refractivity contribution in [1.29, 1.82) is 0 Å². The van der Waals surface area contributed by atoms with Gasteiger partial charge in [0.1, 0.15) is 0 Å². The first-order chi connectivity index (χ1) is 4.79. The Bertz CT molecular complexity index is 133. The summed E-state index contributed by atoms with van der Waals surface area (Å²) in [4.78, 5) is 0. The largest absolute Gasteiger partial charge is 0.390 e. The highest BCUT2D eigenvalue weighted by atomic mass is 16.5. The van der Waals surface area contributed by atoms with E-state index in [4.69, 9.17) is 4.74 Å². The van der Waals surface area contributed by atoms with E-state index >= 15 is 0 Å². The minimum atomic E-state index is -0.188. The maximum atomic E-state index is 9.54. The van der Waals surface area contributed by atoms with Crippen molar-refractivity contribution >= 4 is 0 Å². The molecule has 1 aliphatic heterocycles. The van der Waals surface area contributed by atoms with Crippen molar-refractivity contribution in [3.05, 3.63) is 0 Å². The van der Waals surface area contributed by atoms with Gasteiger partial charge in [-0.15, -0.1) is 0 Å². The topological polar surface area (TPSA) is 29.5 Å². The molecular formula is C8H14O2. The van der Waals surface area contributed by atoms with Crippen molar-refractivity contribution < 1.29 is 9.84 Å². The number of aliphatic hydroxyl groups is 1. The van der Waals surface area contributed by atoms with Gasteiger partial charge in [-0.2, -0.15) is 0 Å². The highest BCUT2D eigenvalue weighted by Gasteiger charge is 2.43. The summed E-state index contributed by atoms with van der Waals surface area (Å²) in [5.74, 6) is 0.454. The third-order valence-corrected chi connectivity index (χ3v) is 2.81. The van der Waals surface area contributed by atoms with Crippen LogP contribution in [0.4, 0.5) is 0 Å². The SMILES string of the molecule is C[C@H]1O[C@@H]2CCC[C@@H]2[C@@H]1O. The Morgan fingerprint density at radius 1 is 1.40 bits per heavy atom. The lowest BCUT2D eigenvalue weighted by atomic mass is 9.99. The van der Waals surface area contributed by atoms with E-state index in [9.17, 15) is 5.11 Å². The maximum absolute atomic E-state index is 9.54. The zero-order valence-electron chi connectivity index (χ0n) is 6.29. The van der Waals surface area contributed by atoms with E-state index in [1.54, 1.807) is 0 Å². The lowest BCUT2D eigenvalue weighted by Gasteiger charge is -2.10. The molecule has 0 aromatic rings. The Labute approximate surface area is 61.2 Å². The van der Waals surface area contributed by atoms with Gasteiger partial charge in [0.2, 0.25) is 0 Å². The average Bonchev–Trinajstić information content (AvgIpc) is 2.41. The zero-order valence-corrected chi connectivity index (χ0v) is 6.29. The molecule has 2 aliphatic rings. The normalized spacial score (nSPS) is 53.4. The second-order valence-corrected chi connectivity index (χ2v) is 3.47. The van der Waals surface area contributed by atoms with E-state index < -0.39 is 0 Å². The van der Waals surface area contributed by atoms with Crippen LogP contribution in [0.5, 0.6) is 0 Å². The van der Waals surface area contributed by atoms with Crippen LogP contribution in [0, 0.1) is 5.92 Å². The highest BCUT2D eigenvalue weighted by molar-refractivity contribution is 4.92. The summed E-state index contributed by atoms with van der Waals surface area (Å²) in [6.45, 7) is 1.96. The second-order valence-electron chi connectivity index (χ2n) is 3.47. The monoisotopic (exact) mass is 142 g/mol. The molecule has 2 nitrogen and oxygen atoms in total. The van der Waals surface area contributed by atoms with Crippen LogP contribution in [0.15, 0.2) is 0 Å². The number of hydrogen-bond donors (Lipinski definition) is 1. The summed E-state index contributed by atoms with van der Waals surface area (Å²) in [6, 6.07) is 0. The van der Waals surface area contributed by atoms with Gasteiger partial charge < -0.3 is 9.84 Å². The summed E-state index contributed by atoms with van der Waals surface area (Å²) in [7, 11) is 0. The standard InChI is InChI=1S/C8H14O2/c1-5-8(9)6-3-2-4-7(6)10-5/h5-9H,2-4H2,1H3/t5-,6+,7-,8-/m1/s1. The Hall–Kier alpha value is -0.0800. The van der Waals surface area contributed by atoms with Crippen molar-refractivity contribution in [3.8, 4) is 0 Å². The molecule has 2 rings (SSSR count). The predicted octanol–water partition coefficient (Wildman–Crippen LogP) is 0.935. The van der Waals surface area contributed by atoms with Crippen LogP contribution in [0.1, 0.15) is 26.2 Å². The molecule has 1 aliphatic carbocycles. The van der Waals surface area contributed by atoms with E-state index in [-0.39, 0.29) is 12.2 Å². The molecule has 4 atom stereocenters. The van der Waals surface area contributed by atoms with Crippen LogP contribution >= 0.6 is 0 Å². The van der Waals surface area contributed by atoms with Gasteiger partial charge in [-0.3, -0.25) is 0 Å². The minimum Gasteiger partial charge on any atom is -0.390 e. The molecular weight excluding hydrogens is 128 g/mol. The van der Waals surface area contributed by atoms with Gasteiger partial charge in [-0.25, -0.2) is 0 Å². The first-order valence-corrected chi connectivity index (χ1v) is 4.12. The molecule has 1 N–H and O–H groups in total. The van der Waals surface area contributed by atoms with Crippen molar-refractivity contribution in [2.75, 3.05) is 0 Å². The molecule has 0 aromatic carbocycles. The van der Waals surface area contributed by atoms with Gasteiger partial charge in [0.25, 0.3) is 0 Å². The number of aliphatic hydroxyl groups excluding tert-OH is 1. The summed E-state index contributed by atoms with van der Waals surface area (Å²) in [5, 5.41) is 9.54. The molecule has 2 heteroatoms. The van der Waals surface area contributed by atoms with Gasteiger partial charge in [0.15, 0.2) is 0 Å². The van der Waals surface area contributed by atoms with Crippen LogP contribution in [-0.4, -0.2) is 23.4 Å². The molecule has 1 saturated heterocycles. The smallest absolute Gasteiger partial charge is 0.0852 e. The van der Waals surface area contributed by atoms with Crippen molar-refractivity contribution in [2.45, 2.75) is 44.5 Å². The second kappa shape index (κ2) is 2.21. The van der Waals surface area contributed by atoms with E-state index in [0.29, 0.717) is 12.0 Å². The maximum Gasteiger partial charge on any atom is 0.0852 e. The molecule has 0 aromatic heterocycles. The molecule has 0 spiro atoms. The number of ether oxygens (including phenoxy) is 1. The zero-order chi connectivity index (χ0) is 7.14. The van der Waals surface area contributed by atoms with Crippen LogP contribution < -0.4 is 0 Å². The van der Waals surface area contributed by atoms with Crippen LogP contribution in [0.2, 0.25) is 0 Å². The lowest BCUT2D eigenvalue weighted by Crippen LogP contribution is -2.23. The van der Waals surface area contributed by atoms with Gasteiger partial charge in [-0.05, 0) is 19.8 Å². The average molecular weight is 142 g/mol. The Morgan fingerprint density at radius 2 is 2.20 bits per heavy atom. The van der Waals surface area contributed by atoms with E-state index in [2.05, 4.69) is 0 Å². The van der Waals surface area contributed by atoms with Gasteiger partial charge in [0.05, 0.1) is 18.3 Å². The quantitative estimate of drug-likeness (QED) is 0.545. The van der Waals surface area contributed by atoms with Crippen LogP contribution in [-0.2, 0) is 4.74 Å². The molecule has 0 radical (unpaired) electrons. The fourth-order valence-electron chi connectivity index (χ4n) is 2.22. The first-order valence-electron chi connectivity index (χ1n) is 4.12. The van der Waals surface area contributed by atoms with Crippen molar-refractivity contribution in [1.82, 2.24) is 0 Å². The number of fused-ring (bicyclic) bond motifs is 1. The molecule has 0 amide bonds. The number of hydrogen-bond acceptors (Lipinski definition) is 2. The van der Waals surface area contributed by atoms with E-state index in [1.165, 1.54) is 6.42 Å². The molecule has 10 heavy (non-hydrogen) atoms. The minimum absolute atomic E-state index is 0.0790. The van der Waals surface area contributed by atoms with Gasteiger partial charge in [-0.1, -0.05) is 6.42 Å². The first kappa shape index (κ1) is 6.62. The molecule has 0 bridgehead atoms. The van der Waals surface area contributed by atoms with Crippen molar-refractivity contribution in [3.63, 3.8) is 0 Å². The summed E-state index contributed by atoms with van der Waals surface area (Å²) in [5.41, 5.74) is 0. The summed E-state index contributed by atoms with van der Waals surface area (Å²) in [6.07, 6.45) is 3.83. The Morgan fingerprint density at radius 3 is 2.90 bits per heavy atom. The molecule has 1 saturated carbocycles. The fraction of sp³-hybridized carbons (Fsp3) is 1.00. The molecule has 58 valence electrons. The fourth-order valence-corrected chi connectivity index (χ4v) is 2.22. The summed E-state index contributed by atoms with van der Waals surface area (Å²) < 4.78 is 5.55. The van der Waals surface area contributed by atoms with Crippen LogP contribution in [0.3, 0.4) is 0 Å².